The molecule has 2 aromatic rings. The second kappa shape index (κ2) is 12.2. The van der Waals surface area contributed by atoms with Crippen LogP contribution in [0.5, 0.6) is 5.75 Å². The highest BCUT2D eigenvalue weighted by atomic mass is 79.9. The van der Waals surface area contributed by atoms with Crippen LogP contribution in [0.15, 0.2) is 58.1 Å². The van der Waals surface area contributed by atoms with Crippen molar-refractivity contribution in [3.63, 3.8) is 0 Å². The van der Waals surface area contributed by atoms with Crippen molar-refractivity contribution in [3.05, 3.63) is 64.1 Å². The van der Waals surface area contributed by atoms with Crippen molar-refractivity contribution in [2.24, 2.45) is 5.10 Å². The number of halogens is 1. The number of hydrogen-bond donors (Lipinski definition) is 2. The van der Waals surface area contributed by atoms with Crippen molar-refractivity contribution in [1.82, 2.24) is 10.7 Å². The van der Waals surface area contributed by atoms with Gasteiger partial charge in [-0.2, -0.15) is 10.4 Å². The molecule has 0 aliphatic heterocycles. The number of carbonyl (C=O) groups is 2. The molecule has 8 nitrogen and oxygen atoms in total. The van der Waals surface area contributed by atoms with Gasteiger partial charge in [0.05, 0.1) is 29.8 Å². The Morgan fingerprint density at radius 3 is 2.70 bits per heavy atom. The quantitative estimate of drug-likeness (QED) is 0.426. The summed E-state index contributed by atoms with van der Waals surface area (Å²) >= 11 is 3.36. The van der Waals surface area contributed by atoms with Gasteiger partial charge >= 0.3 is 6.09 Å². The van der Waals surface area contributed by atoms with Gasteiger partial charge in [0.25, 0.3) is 0 Å². The Morgan fingerprint density at radius 2 is 2.03 bits per heavy atom. The summed E-state index contributed by atoms with van der Waals surface area (Å²) < 4.78 is 10.8. The maximum atomic E-state index is 12.3. The molecule has 2 rings (SSSR count). The van der Waals surface area contributed by atoms with E-state index in [1.54, 1.807) is 25.1 Å². The molecule has 0 fully saturated rings. The fourth-order valence-corrected chi connectivity index (χ4v) is 3.00. The predicted octanol–water partition coefficient (Wildman–Crippen LogP) is 3.68. The van der Waals surface area contributed by atoms with Gasteiger partial charge in [-0.3, -0.25) is 4.79 Å². The number of hydrazone groups is 1. The van der Waals surface area contributed by atoms with Crippen LogP contribution in [0.25, 0.3) is 0 Å². The van der Waals surface area contributed by atoms with E-state index in [1.807, 2.05) is 36.4 Å². The zero-order valence-corrected chi connectivity index (χ0v) is 17.9. The molecule has 1 atom stereocenters. The van der Waals surface area contributed by atoms with Crippen LogP contribution in [0.1, 0.15) is 30.5 Å². The lowest BCUT2D eigenvalue weighted by molar-refractivity contribution is -0.121. The zero-order chi connectivity index (χ0) is 21.8. The summed E-state index contributed by atoms with van der Waals surface area (Å²) in [4.78, 5) is 24.1. The summed E-state index contributed by atoms with van der Waals surface area (Å²) in [5, 5.41) is 15.2. The fraction of sp³-hybridized carbons (Fsp3) is 0.238. The van der Waals surface area contributed by atoms with Crippen molar-refractivity contribution >= 4 is 34.1 Å². The number of hydrogen-bond acceptors (Lipinski definition) is 6. The molecule has 0 aliphatic rings. The molecule has 0 saturated carbocycles. The summed E-state index contributed by atoms with van der Waals surface area (Å²) in [5.41, 5.74) is 3.95. The molecule has 0 saturated heterocycles. The Kier molecular flexibility index (Phi) is 9.34. The molecule has 0 bridgehead atoms. The predicted molar refractivity (Wildman–Crippen MR) is 115 cm³/mol. The number of ether oxygens (including phenoxy) is 2. The Bertz CT molecular complexity index is 928. The summed E-state index contributed by atoms with van der Waals surface area (Å²) in [6, 6.07) is 15.7. The smallest absolute Gasteiger partial charge is 0.407 e. The molecule has 0 aliphatic carbocycles. The van der Waals surface area contributed by atoms with E-state index in [0.29, 0.717) is 10.2 Å². The van der Waals surface area contributed by atoms with E-state index in [9.17, 15) is 9.59 Å². The van der Waals surface area contributed by atoms with Crippen LogP contribution in [-0.4, -0.2) is 31.4 Å². The Balaban J connectivity index is 1.97. The van der Waals surface area contributed by atoms with Crippen LogP contribution in [-0.2, 0) is 9.53 Å². The number of benzene rings is 2. The average molecular weight is 473 g/mol. The minimum atomic E-state index is -0.591. The summed E-state index contributed by atoms with van der Waals surface area (Å²) in [6.45, 7) is 1.89. The first-order valence-corrected chi connectivity index (χ1v) is 9.92. The first-order valence-electron chi connectivity index (χ1n) is 9.13. The molecule has 0 radical (unpaired) electrons. The highest BCUT2D eigenvalue weighted by Crippen LogP contribution is 2.25. The second-order valence-corrected chi connectivity index (χ2v) is 6.82. The Labute approximate surface area is 183 Å². The number of amides is 2. The Hall–Kier alpha value is -3.38. The third-order valence-corrected chi connectivity index (χ3v) is 4.43. The lowest BCUT2D eigenvalue weighted by atomic mass is 10.0. The van der Waals surface area contributed by atoms with Gasteiger partial charge in [0.1, 0.15) is 11.8 Å². The lowest BCUT2D eigenvalue weighted by Gasteiger charge is -2.18. The number of alkyl carbamates (subject to hydrolysis) is 1. The van der Waals surface area contributed by atoms with Crippen LogP contribution in [0, 0.1) is 11.3 Å². The lowest BCUT2D eigenvalue weighted by Crippen LogP contribution is -2.33. The van der Waals surface area contributed by atoms with Gasteiger partial charge in [-0.05, 0) is 52.2 Å². The Morgan fingerprint density at radius 1 is 1.27 bits per heavy atom. The van der Waals surface area contributed by atoms with Crippen LogP contribution < -0.4 is 15.5 Å². The molecular formula is C21H21BrN4O4. The molecule has 9 heteroatoms. The molecular weight excluding hydrogens is 452 g/mol. The fourth-order valence-electron chi connectivity index (χ4n) is 2.49. The molecule has 156 valence electrons. The van der Waals surface area contributed by atoms with E-state index in [4.69, 9.17) is 14.7 Å². The average Bonchev–Trinajstić information content (AvgIpc) is 2.73. The molecule has 0 heterocycles. The zero-order valence-electron chi connectivity index (χ0n) is 16.3. The molecule has 30 heavy (non-hydrogen) atoms. The number of rotatable bonds is 9. The second-order valence-electron chi connectivity index (χ2n) is 5.96. The largest absolute Gasteiger partial charge is 0.478 e. The minimum absolute atomic E-state index is 0.00913. The van der Waals surface area contributed by atoms with Crippen molar-refractivity contribution in [1.29, 1.82) is 5.26 Å². The van der Waals surface area contributed by atoms with Crippen molar-refractivity contribution in [2.45, 2.75) is 19.4 Å². The molecule has 0 unspecified atom stereocenters. The van der Waals surface area contributed by atoms with E-state index in [-0.39, 0.29) is 25.5 Å². The monoisotopic (exact) mass is 472 g/mol. The first-order chi connectivity index (χ1) is 14.5. The van der Waals surface area contributed by atoms with Gasteiger partial charge in [0.15, 0.2) is 6.61 Å². The topological polar surface area (TPSA) is 113 Å². The van der Waals surface area contributed by atoms with Gasteiger partial charge in [-0.25, -0.2) is 10.2 Å². The highest BCUT2D eigenvalue weighted by Gasteiger charge is 2.18. The third-order valence-electron chi connectivity index (χ3n) is 3.81. The summed E-state index contributed by atoms with van der Waals surface area (Å²) in [6.07, 6.45) is 0.879. The van der Waals surface area contributed by atoms with Gasteiger partial charge in [-0.15, -0.1) is 0 Å². The van der Waals surface area contributed by atoms with E-state index < -0.39 is 12.1 Å². The van der Waals surface area contributed by atoms with Crippen molar-refractivity contribution in [2.75, 3.05) is 13.2 Å². The molecule has 0 spiro atoms. The highest BCUT2D eigenvalue weighted by molar-refractivity contribution is 9.10. The minimum Gasteiger partial charge on any atom is -0.478 e. The van der Waals surface area contributed by atoms with E-state index in [2.05, 4.69) is 31.8 Å². The van der Waals surface area contributed by atoms with Gasteiger partial charge in [0.2, 0.25) is 5.91 Å². The summed E-state index contributed by atoms with van der Waals surface area (Å²) in [7, 11) is 0. The van der Waals surface area contributed by atoms with E-state index >= 15 is 0 Å². The number of nitrogens with zero attached hydrogens (tertiary/aromatic N) is 2. The third kappa shape index (κ3) is 7.56. The standard InChI is InChI=1S/C21H21BrN4O4/c1-2-29-21(28)25-18(16-6-4-3-5-7-16)13-20(27)26-24-14-15-8-9-19(17(22)12-15)30-11-10-23/h3-9,12,14,18H,2,11,13H2,1H3,(H,25,28)(H,26,27)/b24-14-/t18-/m1/s1. The van der Waals surface area contributed by atoms with Crippen molar-refractivity contribution < 1.29 is 19.1 Å². The molecule has 0 aromatic heterocycles. The SMILES string of the molecule is CCOC(=O)N[C@H](CC(=O)N/N=C\c1ccc(OCC#N)c(Br)c1)c1ccccc1. The van der Waals surface area contributed by atoms with E-state index in [1.165, 1.54) is 6.21 Å². The normalized spacial score (nSPS) is 11.4. The van der Waals surface area contributed by atoms with Gasteiger partial charge in [-0.1, -0.05) is 30.3 Å². The van der Waals surface area contributed by atoms with Gasteiger partial charge in [0, 0.05) is 0 Å². The van der Waals surface area contributed by atoms with Gasteiger partial charge < -0.3 is 14.8 Å². The number of nitrogens with one attached hydrogen (secondary N) is 2. The van der Waals surface area contributed by atoms with Crippen LogP contribution in [0.3, 0.4) is 0 Å². The molecule has 2 N–H and O–H groups in total. The number of nitriles is 1. The summed E-state index contributed by atoms with van der Waals surface area (Å²) in [5.74, 6) is 0.165. The van der Waals surface area contributed by atoms with Crippen LogP contribution >= 0.6 is 15.9 Å². The van der Waals surface area contributed by atoms with Crippen molar-refractivity contribution in [3.8, 4) is 11.8 Å². The van der Waals surface area contributed by atoms with Crippen LogP contribution in [0.4, 0.5) is 4.79 Å². The van der Waals surface area contributed by atoms with E-state index in [0.717, 1.165) is 11.1 Å². The maximum absolute atomic E-state index is 12.3. The van der Waals surface area contributed by atoms with Crippen LogP contribution in [0.2, 0.25) is 0 Å². The maximum Gasteiger partial charge on any atom is 0.407 e. The molecule has 2 amide bonds. The molecule has 2 aromatic carbocycles. The number of carbonyl (C=O) groups excluding carboxylic acids is 2. The first kappa shape index (κ1) is 22.9.